The second kappa shape index (κ2) is 8.43. The van der Waals surface area contributed by atoms with Crippen LogP contribution in [0, 0.1) is 17.2 Å². The fraction of sp³-hybridized carbons (Fsp3) is 0.529. The number of carbonyl (C=O) groups excluding carboxylic acids is 1. The summed E-state index contributed by atoms with van der Waals surface area (Å²) in [6.45, 7) is 4.53. The first-order chi connectivity index (χ1) is 9.93. The molecule has 4 heteroatoms. The van der Waals surface area contributed by atoms with E-state index in [1.54, 1.807) is 17.0 Å². The molecule has 0 saturated heterocycles. The van der Waals surface area contributed by atoms with Crippen molar-refractivity contribution >= 4 is 5.91 Å². The van der Waals surface area contributed by atoms with Crippen LogP contribution < -0.4 is 5.73 Å². The number of hydrogen-bond donors (Lipinski definition) is 1. The third-order valence-corrected chi connectivity index (χ3v) is 3.60. The first-order valence-electron chi connectivity index (χ1n) is 7.43. The van der Waals surface area contributed by atoms with Crippen LogP contribution in [-0.2, 0) is 11.3 Å². The van der Waals surface area contributed by atoms with E-state index in [4.69, 9.17) is 11.0 Å². The fourth-order valence-corrected chi connectivity index (χ4v) is 2.28. The lowest BCUT2D eigenvalue weighted by atomic mass is 10.0. The summed E-state index contributed by atoms with van der Waals surface area (Å²) in [4.78, 5) is 14.0. The molecule has 0 aliphatic carbocycles. The van der Waals surface area contributed by atoms with Gasteiger partial charge >= 0.3 is 0 Å². The van der Waals surface area contributed by atoms with E-state index in [2.05, 4.69) is 6.07 Å². The number of benzene rings is 1. The highest BCUT2D eigenvalue weighted by Crippen LogP contribution is 2.14. The minimum absolute atomic E-state index is 0.0205. The molecule has 1 rings (SSSR count). The molecule has 0 saturated carbocycles. The van der Waals surface area contributed by atoms with Crippen LogP contribution in [0.1, 0.15) is 44.2 Å². The van der Waals surface area contributed by atoms with Gasteiger partial charge in [-0.05, 0) is 37.5 Å². The van der Waals surface area contributed by atoms with Crippen LogP contribution in [0.5, 0.6) is 0 Å². The largest absolute Gasteiger partial charge is 0.341 e. The zero-order valence-electron chi connectivity index (χ0n) is 13.2. The van der Waals surface area contributed by atoms with Crippen LogP contribution in [0.25, 0.3) is 0 Å². The number of nitriles is 1. The highest BCUT2D eigenvalue weighted by atomic mass is 16.2. The molecule has 2 unspecified atom stereocenters. The van der Waals surface area contributed by atoms with Gasteiger partial charge in [0.05, 0.1) is 11.6 Å². The molecular weight excluding hydrogens is 262 g/mol. The molecule has 0 spiro atoms. The summed E-state index contributed by atoms with van der Waals surface area (Å²) in [7, 11) is 1.82. The Bertz CT molecular complexity index is 488. The molecule has 4 nitrogen and oxygen atoms in total. The van der Waals surface area contributed by atoms with Crippen LogP contribution in [0.2, 0.25) is 0 Å². The van der Waals surface area contributed by atoms with Gasteiger partial charge in [0, 0.05) is 25.6 Å². The predicted octanol–water partition coefficient (Wildman–Crippen LogP) is 2.67. The SMILES string of the molecule is CC(N)CCCC(C)C(=O)N(C)Cc1ccc(C#N)cc1. The van der Waals surface area contributed by atoms with E-state index in [1.165, 1.54) is 0 Å². The van der Waals surface area contributed by atoms with Gasteiger partial charge in [0.25, 0.3) is 0 Å². The molecule has 0 radical (unpaired) electrons. The van der Waals surface area contributed by atoms with Crippen LogP contribution in [0.3, 0.4) is 0 Å². The number of carbonyl (C=O) groups is 1. The van der Waals surface area contributed by atoms with Gasteiger partial charge in [-0.1, -0.05) is 25.5 Å². The lowest BCUT2D eigenvalue weighted by Gasteiger charge is -2.21. The van der Waals surface area contributed by atoms with Crippen molar-refractivity contribution in [3.05, 3.63) is 35.4 Å². The molecule has 2 atom stereocenters. The van der Waals surface area contributed by atoms with Crippen molar-refractivity contribution in [1.29, 1.82) is 5.26 Å². The maximum Gasteiger partial charge on any atom is 0.225 e. The summed E-state index contributed by atoms with van der Waals surface area (Å²) in [6.07, 6.45) is 2.81. The topological polar surface area (TPSA) is 70.1 Å². The maximum atomic E-state index is 12.3. The lowest BCUT2D eigenvalue weighted by molar-refractivity contribution is -0.134. The van der Waals surface area contributed by atoms with Gasteiger partial charge in [-0.3, -0.25) is 4.79 Å². The van der Waals surface area contributed by atoms with E-state index < -0.39 is 0 Å². The Morgan fingerprint density at radius 1 is 1.29 bits per heavy atom. The van der Waals surface area contributed by atoms with Gasteiger partial charge in [0.15, 0.2) is 0 Å². The van der Waals surface area contributed by atoms with Crippen molar-refractivity contribution in [2.75, 3.05) is 7.05 Å². The first kappa shape index (κ1) is 17.2. The minimum Gasteiger partial charge on any atom is -0.341 e. The lowest BCUT2D eigenvalue weighted by Crippen LogP contribution is -2.31. The summed E-state index contributed by atoms with van der Waals surface area (Å²) in [5, 5.41) is 8.77. The smallest absolute Gasteiger partial charge is 0.225 e. The van der Waals surface area contributed by atoms with Crippen LogP contribution in [0.15, 0.2) is 24.3 Å². The highest BCUT2D eigenvalue weighted by Gasteiger charge is 2.17. The monoisotopic (exact) mass is 287 g/mol. The Balaban J connectivity index is 2.47. The van der Waals surface area contributed by atoms with E-state index >= 15 is 0 Å². The second-order valence-electron chi connectivity index (χ2n) is 5.81. The van der Waals surface area contributed by atoms with Crippen molar-refractivity contribution in [2.24, 2.45) is 11.7 Å². The summed E-state index contributed by atoms with van der Waals surface area (Å²) in [5.41, 5.74) is 7.39. The third-order valence-electron chi connectivity index (χ3n) is 3.60. The van der Waals surface area contributed by atoms with Gasteiger partial charge in [0.1, 0.15) is 0 Å². The molecule has 0 bridgehead atoms. The van der Waals surface area contributed by atoms with Crippen molar-refractivity contribution < 1.29 is 4.79 Å². The molecular formula is C17H25N3O. The molecule has 2 N–H and O–H groups in total. The first-order valence-corrected chi connectivity index (χ1v) is 7.43. The molecule has 0 aliphatic rings. The number of amides is 1. The van der Waals surface area contributed by atoms with Crippen molar-refractivity contribution in [3.8, 4) is 6.07 Å². The summed E-state index contributed by atoms with van der Waals surface area (Å²) < 4.78 is 0. The van der Waals surface area contributed by atoms with E-state index in [-0.39, 0.29) is 17.9 Å². The maximum absolute atomic E-state index is 12.3. The quantitative estimate of drug-likeness (QED) is 0.838. The van der Waals surface area contributed by atoms with Gasteiger partial charge in [0.2, 0.25) is 5.91 Å². The molecule has 0 heterocycles. The van der Waals surface area contributed by atoms with E-state index in [0.717, 1.165) is 24.8 Å². The van der Waals surface area contributed by atoms with Crippen molar-refractivity contribution in [1.82, 2.24) is 4.90 Å². The van der Waals surface area contributed by atoms with E-state index in [9.17, 15) is 4.79 Å². The van der Waals surface area contributed by atoms with Gasteiger partial charge < -0.3 is 10.6 Å². The number of rotatable bonds is 7. The Morgan fingerprint density at radius 3 is 2.43 bits per heavy atom. The Labute approximate surface area is 127 Å². The molecule has 0 fully saturated rings. The highest BCUT2D eigenvalue weighted by molar-refractivity contribution is 5.78. The average molecular weight is 287 g/mol. The molecule has 1 aromatic rings. The van der Waals surface area contributed by atoms with Crippen molar-refractivity contribution in [3.63, 3.8) is 0 Å². The molecule has 1 aromatic carbocycles. The summed E-state index contributed by atoms with van der Waals surface area (Å²) in [6, 6.07) is 9.63. The minimum atomic E-state index is 0.0205. The fourth-order valence-electron chi connectivity index (χ4n) is 2.28. The zero-order chi connectivity index (χ0) is 15.8. The van der Waals surface area contributed by atoms with Gasteiger partial charge in [-0.2, -0.15) is 5.26 Å². The van der Waals surface area contributed by atoms with Crippen LogP contribution in [0.4, 0.5) is 0 Å². The average Bonchev–Trinajstić information content (AvgIpc) is 2.46. The van der Waals surface area contributed by atoms with Gasteiger partial charge in [-0.25, -0.2) is 0 Å². The zero-order valence-corrected chi connectivity index (χ0v) is 13.2. The van der Waals surface area contributed by atoms with Crippen LogP contribution in [-0.4, -0.2) is 23.9 Å². The Kier molecular flexibility index (Phi) is 6.90. The number of nitrogens with two attached hydrogens (primary N) is 1. The van der Waals surface area contributed by atoms with Crippen LogP contribution >= 0.6 is 0 Å². The Morgan fingerprint density at radius 2 is 1.90 bits per heavy atom. The number of nitrogens with zero attached hydrogens (tertiary/aromatic N) is 2. The summed E-state index contributed by atoms with van der Waals surface area (Å²) >= 11 is 0. The standard InChI is InChI=1S/C17H25N3O/c1-13(5-4-6-14(2)19)17(21)20(3)12-16-9-7-15(11-18)8-10-16/h7-10,13-14H,4-6,12,19H2,1-3H3. The van der Waals surface area contributed by atoms with E-state index in [0.29, 0.717) is 12.1 Å². The molecule has 114 valence electrons. The second-order valence-corrected chi connectivity index (χ2v) is 5.81. The van der Waals surface area contributed by atoms with Gasteiger partial charge in [-0.15, -0.1) is 0 Å². The normalized spacial score (nSPS) is 13.3. The number of hydrogen-bond acceptors (Lipinski definition) is 3. The molecule has 1 amide bonds. The predicted molar refractivity (Wildman–Crippen MR) is 84.3 cm³/mol. The molecule has 0 aromatic heterocycles. The van der Waals surface area contributed by atoms with Crippen molar-refractivity contribution in [2.45, 2.75) is 45.7 Å². The van der Waals surface area contributed by atoms with E-state index in [1.807, 2.05) is 33.0 Å². The molecule has 0 aliphatic heterocycles. The third kappa shape index (κ3) is 5.97. The Hall–Kier alpha value is -1.86. The molecule has 21 heavy (non-hydrogen) atoms. The summed E-state index contributed by atoms with van der Waals surface area (Å²) in [5.74, 6) is 0.177.